The van der Waals surface area contributed by atoms with E-state index in [2.05, 4.69) is 16.3 Å². The molecule has 0 fully saturated rings. The molecule has 0 saturated heterocycles. The van der Waals surface area contributed by atoms with Gasteiger partial charge in [0.05, 0.1) is 23.8 Å². The van der Waals surface area contributed by atoms with Crippen molar-refractivity contribution in [1.29, 1.82) is 5.26 Å². The second-order valence-corrected chi connectivity index (χ2v) is 6.82. The van der Waals surface area contributed by atoms with Gasteiger partial charge in [-0.1, -0.05) is 19.1 Å². The van der Waals surface area contributed by atoms with E-state index in [1.807, 2.05) is 43.5 Å². The summed E-state index contributed by atoms with van der Waals surface area (Å²) in [4.78, 5) is 12.6. The number of H-pyrrole nitrogens is 1. The third kappa shape index (κ3) is 2.07. The normalized spacial score (nSPS) is 27.7. The zero-order chi connectivity index (χ0) is 17.6. The molecule has 3 atom stereocenters. The molecule has 2 aromatic rings. The first-order chi connectivity index (χ1) is 12.1. The molecule has 25 heavy (non-hydrogen) atoms. The Hall–Kier alpha value is -2.87. The van der Waals surface area contributed by atoms with E-state index in [4.69, 9.17) is 4.74 Å². The van der Waals surface area contributed by atoms with E-state index in [-0.39, 0.29) is 23.2 Å². The molecule has 0 radical (unpaired) electrons. The minimum Gasteiger partial charge on any atom is -0.497 e. The zero-order valence-electron chi connectivity index (χ0n) is 14.2. The van der Waals surface area contributed by atoms with Crippen LogP contribution in [0.25, 0.3) is 0 Å². The number of rotatable bonds is 2. The number of hydrogen-bond donors (Lipinski definition) is 1. The van der Waals surface area contributed by atoms with E-state index in [9.17, 15) is 10.1 Å². The highest BCUT2D eigenvalue weighted by Gasteiger charge is 2.53. The second kappa shape index (κ2) is 5.59. The quantitative estimate of drug-likeness (QED) is 0.916. The molecule has 1 N–H and O–H groups in total. The largest absolute Gasteiger partial charge is 0.497 e. The van der Waals surface area contributed by atoms with Crippen molar-refractivity contribution < 1.29 is 9.53 Å². The smallest absolute Gasteiger partial charge is 0.176 e. The van der Waals surface area contributed by atoms with Gasteiger partial charge in [0.25, 0.3) is 0 Å². The van der Waals surface area contributed by atoms with Crippen LogP contribution in [0.3, 0.4) is 0 Å². The van der Waals surface area contributed by atoms with Gasteiger partial charge >= 0.3 is 0 Å². The summed E-state index contributed by atoms with van der Waals surface area (Å²) in [7, 11) is 1.64. The van der Waals surface area contributed by atoms with Gasteiger partial charge in [-0.3, -0.25) is 9.89 Å². The highest BCUT2D eigenvalue weighted by Crippen LogP contribution is 2.53. The summed E-state index contributed by atoms with van der Waals surface area (Å²) < 4.78 is 5.28. The molecule has 5 heteroatoms. The number of Topliss-reactive ketones (excluding diaryl/α,β-unsaturated/α-hetero) is 1. The predicted octanol–water partition coefficient (Wildman–Crippen LogP) is 2.94. The van der Waals surface area contributed by atoms with Crippen LogP contribution in [-0.2, 0) is 16.6 Å². The number of nitrogens with zero attached hydrogens (tertiary/aromatic N) is 2. The molecule has 5 nitrogen and oxygen atoms in total. The summed E-state index contributed by atoms with van der Waals surface area (Å²) in [6, 6.07) is 9.98. The molecule has 2 aliphatic rings. The molecule has 1 aromatic heterocycles. The van der Waals surface area contributed by atoms with Crippen LogP contribution in [0.4, 0.5) is 0 Å². The summed E-state index contributed by atoms with van der Waals surface area (Å²) in [6.45, 7) is 1.94. The van der Waals surface area contributed by atoms with Gasteiger partial charge in [-0.05, 0) is 48.1 Å². The zero-order valence-corrected chi connectivity index (χ0v) is 14.2. The van der Waals surface area contributed by atoms with E-state index >= 15 is 0 Å². The van der Waals surface area contributed by atoms with Crippen molar-refractivity contribution in [3.05, 3.63) is 58.9 Å². The highest BCUT2D eigenvalue weighted by molar-refractivity contribution is 6.02. The van der Waals surface area contributed by atoms with Gasteiger partial charge in [0, 0.05) is 12.1 Å². The van der Waals surface area contributed by atoms with Crippen LogP contribution in [0.1, 0.15) is 30.2 Å². The highest BCUT2D eigenvalue weighted by atomic mass is 16.5. The van der Waals surface area contributed by atoms with Gasteiger partial charge < -0.3 is 4.74 Å². The number of carbonyl (C=O) groups excluding carboxylic acids is 1. The summed E-state index contributed by atoms with van der Waals surface area (Å²) in [5.74, 6) is 0.586. The minimum absolute atomic E-state index is 0.0596. The maximum absolute atomic E-state index is 12.6. The first-order valence-corrected chi connectivity index (χ1v) is 8.46. The number of allylic oxidation sites excluding steroid dienone is 2. The Morgan fingerprint density at radius 3 is 2.80 bits per heavy atom. The number of aromatic amines is 1. The van der Waals surface area contributed by atoms with Crippen LogP contribution in [0.2, 0.25) is 0 Å². The molecule has 126 valence electrons. The third-order valence-electron chi connectivity index (χ3n) is 5.76. The molecular weight excluding hydrogens is 314 g/mol. The van der Waals surface area contributed by atoms with E-state index in [1.54, 1.807) is 7.11 Å². The van der Waals surface area contributed by atoms with Crippen LogP contribution < -0.4 is 4.74 Å². The Kier molecular flexibility index (Phi) is 3.50. The lowest BCUT2D eigenvalue weighted by Crippen LogP contribution is -2.48. The molecule has 0 bridgehead atoms. The maximum atomic E-state index is 12.6. The lowest BCUT2D eigenvalue weighted by molar-refractivity contribution is -0.121. The fourth-order valence-corrected chi connectivity index (χ4v) is 4.51. The van der Waals surface area contributed by atoms with Crippen molar-refractivity contribution in [3.8, 4) is 11.8 Å². The molecule has 0 saturated carbocycles. The molecule has 1 aromatic carbocycles. The number of nitrogens with one attached hydrogen (secondary N) is 1. The number of ether oxygens (including phenoxy) is 1. The van der Waals surface area contributed by atoms with E-state index < -0.39 is 5.41 Å². The average molecular weight is 333 g/mol. The van der Waals surface area contributed by atoms with Gasteiger partial charge in [-0.15, -0.1) is 0 Å². The molecule has 2 aliphatic carbocycles. The Labute approximate surface area is 146 Å². The summed E-state index contributed by atoms with van der Waals surface area (Å²) in [5.41, 5.74) is 2.80. The van der Waals surface area contributed by atoms with Gasteiger partial charge in [-0.2, -0.15) is 10.4 Å². The van der Waals surface area contributed by atoms with Crippen LogP contribution in [0.15, 0.2) is 42.1 Å². The van der Waals surface area contributed by atoms with E-state index in [0.717, 1.165) is 35.4 Å². The van der Waals surface area contributed by atoms with Gasteiger partial charge in [0.2, 0.25) is 0 Å². The number of aromatic nitrogens is 2. The van der Waals surface area contributed by atoms with Crippen LogP contribution in [0.5, 0.6) is 5.75 Å². The Bertz CT molecular complexity index is 904. The molecule has 1 heterocycles. The monoisotopic (exact) mass is 333 g/mol. The van der Waals surface area contributed by atoms with Crippen molar-refractivity contribution >= 4 is 5.78 Å². The van der Waals surface area contributed by atoms with Crippen molar-refractivity contribution in [3.63, 3.8) is 0 Å². The topological polar surface area (TPSA) is 78.8 Å². The van der Waals surface area contributed by atoms with Crippen molar-refractivity contribution in [2.45, 2.75) is 25.2 Å². The number of nitriles is 1. The van der Waals surface area contributed by atoms with E-state index in [0.29, 0.717) is 0 Å². The van der Waals surface area contributed by atoms with Crippen molar-refractivity contribution in [2.75, 3.05) is 7.11 Å². The Morgan fingerprint density at radius 1 is 1.36 bits per heavy atom. The first-order valence-electron chi connectivity index (χ1n) is 8.46. The predicted molar refractivity (Wildman–Crippen MR) is 92.0 cm³/mol. The lowest BCUT2D eigenvalue weighted by Gasteiger charge is -2.46. The fourth-order valence-electron chi connectivity index (χ4n) is 4.51. The third-order valence-corrected chi connectivity index (χ3v) is 5.76. The fraction of sp³-hybridized carbons (Fsp3) is 0.350. The Morgan fingerprint density at radius 2 is 2.12 bits per heavy atom. The number of carbonyl (C=O) groups is 1. The Balaban J connectivity index is 2.02. The SMILES string of the molecule is COc1ccc([C@]23C=C(C#N)C(=O)[C@@H](C)[C@@H]2CCc2c[nH]nc23)cc1. The number of ketones is 1. The number of hydrogen-bond acceptors (Lipinski definition) is 4. The van der Waals surface area contributed by atoms with Gasteiger partial charge in [0.15, 0.2) is 5.78 Å². The maximum Gasteiger partial charge on any atom is 0.176 e. The van der Waals surface area contributed by atoms with Crippen molar-refractivity contribution in [2.24, 2.45) is 11.8 Å². The summed E-state index contributed by atoms with van der Waals surface area (Å²) in [6.07, 6.45) is 5.56. The van der Waals surface area contributed by atoms with E-state index in [1.165, 1.54) is 0 Å². The van der Waals surface area contributed by atoms with Crippen molar-refractivity contribution in [1.82, 2.24) is 10.2 Å². The molecule has 0 unspecified atom stereocenters. The number of aryl methyl sites for hydroxylation is 1. The molecule has 0 amide bonds. The standard InChI is InChI=1S/C20H19N3O2/c1-12-17-8-3-13-11-22-23-19(13)20(17,9-14(10-21)18(12)24)15-4-6-16(25-2)7-5-15/h4-7,9,11-12,17H,3,8H2,1-2H3,(H,22,23)/t12-,17-,20+/m0/s1. The first kappa shape index (κ1) is 15.6. The minimum atomic E-state index is -0.557. The van der Waals surface area contributed by atoms with Crippen LogP contribution in [0, 0.1) is 23.2 Å². The molecule has 0 spiro atoms. The molecule has 4 rings (SSSR count). The van der Waals surface area contributed by atoms with Crippen LogP contribution >= 0.6 is 0 Å². The summed E-state index contributed by atoms with van der Waals surface area (Å²) >= 11 is 0. The molecular formula is C20H19N3O2. The van der Waals surface area contributed by atoms with Crippen LogP contribution in [-0.4, -0.2) is 23.1 Å². The number of methoxy groups -OCH3 is 1. The summed E-state index contributed by atoms with van der Waals surface area (Å²) in [5, 5.41) is 17.0. The number of fused-ring (bicyclic) bond motifs is 3. The van der Waals surface area contributed by atoms with Gasteiger partial charge in [0.1, 0.15) is 11.8 Å². The number of benzene rings is 1. The van der Waals surface area contributed by atoms with Gasteiger partial charge in [-0.25, -0.2) is 0 Å². The molecule has 0 aliphatic heterocycles. The lowest BCUT2D eigenvalue weighted by atomic mass is 9.54. The average Bonchev–Trinajstić information content (AvgIpc) is 3.14. The second-order valence-electron chi connectivity index (χ2n) is 6.82.